The van der Waals surface area contributed by atoms with Gasteiger partial charge < -0.3 is 0 Å². The quantitative estimate of drug-likeness (QED) is 0.723. The maximum absolute atomic E-state index is 13.0. The third-order valence-corrected chi connectivity index (χ3v) is 5.69. The number of carbonyl (C=O) groups excluding carboxylic acids is 1. The van der Waals surface area contributed by atoms with Crippen LogP contribution in [-0.2, 0) is 22.1 Å². The molecule has 0 unspecified atom stereocenters. The number of carbonyl (C=O) groups is 1. The summed E-state index contributed by atoms with van der Waals surface area (Å²) in [5.74, 6) is 0.00348. The number of aryl methyl sites for hydroxylation is 1. The Morgan fingerprint density at radius 1 is 0.960 bits per heavy atom. The molecule has 5 nitrogen and oxygen atoms in total. The Morgan fingerprint density at radius 2 is 1.60 bits per heavy atom. The number of hydrogen-bond acceptors (Lipinski definition) is 3. The maximum Gasteiger partial charge on any atom is 0.231 e. The smallest absolute Gasteiger partial charge is 0.231 e. The van der Waals surface area contributed by atoms with Gasteiger partial charge in [-0.15, -0.1) is 0 Å². The fourth-order valence-electron chi connectivity index (χ4n) is 3.05. The summed E-state index contributed by atoms with van der Waals surface area (Å²) in [6.07, 6.45) is 4.72. The van der Waals surface area contributed by atoms with Crippen molar-refractivity contribution in [2.45, 2.75) is 29.2 Å². The summed E-state index contributed by atoms with van der Waals surface area (Å²) >= 11 is 0. The van der Waals surface area contributed by atoms with Crippen LogP contribution < -0.4 is 4.90 Å². The molecule has 1 amide bonds. The zero-order chi connectivity index (χ0) is 17.2. The van der Waals surface area contributed by atoms with Crippen molar-refractivity contribution in [3.8, 4) is 0 Å². The van der Waals surface area contributed by atoms with Crippen LogP contribution in [0.5, 0.6) is 0 Å². The molecule has 0 radical (unpaired) electrons. The van der Waals surface area contributed by atoms with Crippen molar-refractivity contribution in [3.63, 3.8) is 0 Å². The number of nitrogens with zero attached hydrogens (tertiary/aromatic N) is 3. The van der Waals surface area contributed by atoms with E-state index < -0.39 is 10.8 Å². The molecule has 2 aromatic carbocycles. The van der Waals surface area contributed by atoms with Crippen molar-refractivity contribution in [2.75, 3.05) is 4.90 Å². The summed E-state index contributed by atoms with van der Waals surface area (Å²) < 4.78 is 14.6. The highest BCUT2D eigenvalue weighted by Crippen LogP contribution is 2.42. The number of hydrogen-bond donors (Lipinski definition) is 0. The molecule has 0 aliphatic carbocycles. The van der Waals surface area contributed by atoms with Gasteiger partial charge in [0, 0.05) is 25.4 Å². The number of benzene rings is 2. The molecule has 4 rings (SSSR count). The fraction of sp³-hybridized carbons (Fsp3) is 0.158. The summed E-state index contributed by atoms with van der Waals surface area (Å²) in [4.78, 5) is 16.0. The molecular formula is C19H17N3O2S. The van der Waals surface area contributed by atoms with E-state index in [1.54, 1.807) is 11.1 Å². The topological polar surface area (TPSA) is 55.2 Å². The molecule has 0 saturated carbocycles. The Morgan fingerprint density at radius 3 is 2.20 bits per heavy atom. The van der Waals surface area contributed by atoms with Gasteiger partial charge in [-0.1, -0.05) is 24.3 Å². The van der Waals surface area contributed by atoms with E-state index in [0.717, 1.165) is 0 Å². The average molecular weight is 351 g/mol. The molecule has 0 saturated heterocycles. The van der Waals surface area contributed by atoms with E-state index in [9.17, 15) is 9.00 Å². The standard InChI is InChI=1S/C19H17N3O2S/c23-19(11-5-13-21-14-6-12-20-21)22-15-7-1-3-9-17(15)25(24)18-10-4-2-8-16(18)22/h1-4,6-10,12,14H,5,11,13H2. The average Bonchev–Trinajstić information content (AvgIpc) is 3.16. The SMILES string of the molecule is O=C(CCCn1cccn1)N1c2ccccc2S(=O)c2ccccc21. The van der Waals surface area contributed by atoms with Crippen LogP contribution in [0.4, 0.5) is 11.4 Å². The van der Waals surface area contributed by atoms with Gasteiger partial charge in [0.2, 0.25) is 5.91 Å². The summed E-state index contributed by atoms with van der Waals surface area (Å²) in [7, 11) is -1.27. The van der Waals surface area contributed by atoms with Crippen molar-refractivity contribution in [1.29, 1.82) is 0 Å². The zero-order valence-corrected chi connectivity index (χ0v) is 14.4. The Bertz CT molecular complexity index is 888. The number of fused-ring (bicyclic) bond motifs is 2. The molecule has 126 valence electrons. The first-order chi connectivity index (χ1) is 12.3. The maximum atomic E-state index is 13.0. The highest BCUT2D eigenvalue weighted by atomic mass is 32.2. The number of rotatable bonds is 4. The molecule has 2 heterocycles. The van der Waals surface area contributed by atoms with E-state index in [0.29, 0.717) is 40.6 Å². The van der Waals surface area contributed by atoms with Crippen molar-refractivity contribution in [1.82, 2.24) is 9.78 Å². The number of anilines is 2. The number of aromatic nitrogens is 2. The second-order valence-corrected chi connectivity index (χ2v) is 7.22. The van der Waals surface area contributed by atoms with Crippen LogP contribution in [-0.4, -0.2) is 19.9 Å². The monoisotopic (exact) mass is 351 g/mol. The lowest BCUT2D eigenvalue weighted by molar-refractivity contribution is -0.118. The first kappa shape index (κ1) is 15.8. The van der Waals surface area contributed by atoms with Crippen LogP contribution in [0.15, 0.2) is 76.8 Å². The lowest BCUT2D eigenvalue weighted by Crippen LogP contribution is -2.30. The summed E-state index contributed by atoms with van der Waals surface area (Å²) in [5.41, 5.74) is 1.42. The minimum Gasteiger partial charge on any atom is -0.279 e. The molecular weight excluding hydrogens is 334 g/mol. The predicted molar refractivity (Wildman–Crippen MR) is 96.2 cm³/mol. The van der Waals surface area contributed by atoms with Gasteiger partial charge in [0.05, 0.1) is 32.0 Å². The molecule has 0 spiro atoms. The number of amides is 1. The number of para-hydroxylation sites is 2. The third-order valence-electron chi connectivity index (χ3n) is 4.20. The van der Waals surface area contributed by atoms with Gasteiger partial charge in [0.25, 0.3) is 0 Å². The Labute approximate surface area is 148 Å². The van der Waals surface area contributed by atoms with Gasteiger partial charge in [-0.25, -0.2) is 4.21 Å². The molecule has 1 aromatic heterocycles. The summed E-state index contributed by atoms with van der Waals surface area (Å²) in [6, 6.07) is 16.7. The van der Waals surface area contributed by atoms with E-state index in [2.05, 4.69) is 5.10 Å². The van der Waals surface area contributed by atoms with Crippen LogP contribution in [0.2, 0.25) is 0 Å². The fourth-order valence-corrected chi connectivity index (χ4v) is 4.39. The minimum absolute atomic E-state index is 0.00348. The largest absolute Gasteiger partial charge is 0.279 e. The second kappa shape index (κ2) is 6.64. The zero-order valence-electron chi connectivity index (χ0n) is 13.5. The molecule has 25 heavy (non-hydrogen) atoms. The highest BCUT2D eigenvalue weighted by Gasteiger charge is 2.31. The van der Waals surface area contributed by atoms with Gasteiger partial charge in [0.1, 0.15) is 0 Å². The Balaban J connectivity index is 1.63. The van der Waals surface area contributed by atoms with Gasteiger partial charge in [-0.05, 0) is 36.8 Å². The lowest BCUT2D eigenvalue weighted by Gasteiger charge is -2.31. The molecule has 0 atom stereocenters. The van der Waals surface area contributed by atoms with Gasteiger partial charge in [-0.3, -0.25) is 14.4 Å². The normalized spacial score (nSPS) is 13.4. The van der Waals surface area contributed by atoms with E-state index >= 15 is 0 Å². The van der Waals surface area contributed by atoms with E-state index in [1.807, 2.05) is 65.5 Å². The van der Waals surface area contributed by atoms with Gasteiger partial charge in [0.15, 0.2) is 0 Å². The Kier molecular flexibility index (Phi) is 4.19. The minimum atomic E-state index is -1.27. The first-order valence-electron chi connectivity index (χ1n) is 8.16. The first-order valence-corrected chi connectivity index (χ1v) is 9.31. The molecule has 0 fully saturated rings. The Hall–Kier alpha value is -2.73. The van der Waals surface area contributed by atoms with E-state index in [1.165, 1.54) is 0 Å². The molecule has 1 aliphatic rings. The van der Waals surface area contributed by atoms with Crippen molar-refractivity contribution < 1.29 is 9.00 Å². The van der Waals surface area contributed by atoms with Crippen LogP contribution in [0.3, 0.4) is 0 Å². The molecule has 3 aromatic rings. The molecule has 6 heteroatoms. The van der Waals surface area contributed by atoms with Crippen LogP contribution >= 0.6 is 0 Å². The summed E-state index contributed by atoms with van der Waals surface area (Å²) in [5, 5.41) is 4.16. The van der Waals surface area contributed by atoms with Gasteiger partial charge >= 0.3 is 0 Å². The third kappa shape index (κ3) is 2.89. The van der Waals surface area contributed by atoms with Crippen LogP contribution in [0.1, 0.15) is 12.8 Å². The van der Waals surface area contributed by atoms with Crippen molar-refractivity contribution >= 4 is 28.1 Å². The second-order valence-electron chi connectivity index (χ2n) is 5.81. The molecule has 0 bridgehead atoms. The lowest BCUT2D eigenvalue weighted by atomic mass is 10.2. The summed E-state index contributed by atoms with van der Waals surface area (Å²) in [6.45, 7) is 0.696. The van der Waals surface area contributed by atoms with E-state index in [4.69, 9.17) is 0 Å². The van der Waals surface area contributed by atoms with Crippen LogP contribution in [0.25, 0.3) is 0 Å². The predicted octanol–water partition coefficient (Wildman–Crippen LogP) is 3.51. The van der Waals surface area contributed by atoms with Gasteiger partial charge in [-0.2, -0.15) is 5.10 Å². The van der Waals surface area contributed by atoms with Crippen LogP contribution in [0, 0.1) is 0 Å². The van der Waals surface area contributed by atoms with Crippen molar-refractivity contribution in [2.24, 2.45) is 0 Å². The highest BCUT2D eigenvalue weighted by molar-refractivity contribution is 7.85. The van der Waals surface area contributed by atoms with E-state index in [-0.39, 0.29) is 5.91 Å². The molecule has 0 N–H and O–H groups in total. The van der Waals surface area contributed by atoms with Crippen molar-refractivity contribution in [3.05, 3.63) is 67.0 Å². The molecule has 1 aliphatic heterocycles.